The quantitative estimate of drug-likeness (QED) is 0.647. The summed E-state index contributed by atoms with van der Waals surface area (Å²) in [6, 6.07) is 9.09. The molecular formula is C18H17N5O3S. The van der Waals surface area contributed by atoms with Gasteiger partial charge in [0.15, 0.2) is 5.13 Å². The second-order valence-corrected chi connectivity index (χ2v) is 6.33. The number of hydrogen-bond donors (Lipinski definition) is 2. The van der Waals surface area contributed by atoms with E-state index >= 15 is 0 Å². The van der Waals surface area contributed by atoms with Gasteiger partial charge in [-0.2, -0.15) is 0 Å². The van der Waals surface area contributed by atoms with Gasteiger partial charge in [-0.1, -0.05) is 12.1 Å². The van der Waals surface area contributed by atoms with Crippen molar-refractivity contribution in [2.24, 2.45) is 0 Å². The largest absolute Gasteiger partial charge is 0.497 e. The molecule has 0 unspecified atom stereocenters. The molecule has 1 aromatic carbocycles. The minimum Gasteiger partial charge on any atom is -0.497 e. The number of methoxy groups -OCH3 is 1. The number of nitrogens with zero attached hydrogens (tertiary/aromatic N) is 3. The molecule has 0 spiro atoms. The topological polar surface area (TPSA) is 106 Å². The van der Waals surface area contributed by atoms with Crippen molar-refractivity contribution in [2.75, 3.05) is 12.4 Å². The van der Waals surface area contributed by atoms with Crippen LogP contribution in [0.4, 0.5) is 5.13 Å². The van der Waals surface area contributed by atoms with Gasteiger partial charge < -0.3 is 10.1 Å². The summed E-state index contributed by atoms with van der Waals surface area (Å²) in [7, 11) is 1.61. The highest BCUT2D eigenvalue weighted by Gasteiger charge is 2.12. The molecule has 0 saturated heterocycles. The van der Waals surface area contributed by atoms with Crippen molar-refractivity contribution in [1.82, 2.24) is 20.3 Å². The maximum Gasteiger partial charge on any atom is 0.295 e. The third kappa shape index (κ3) is 5.32. The van der Waals surface area contributed by atoms with Crippen LogP contribution in [0.1, 0.15) is 21.9 Å². The average Bonchev–Trinajstić information content (AvgIpc) is 3.14. The van der Waals surface area contributed by atoms with Crippen molar-refractivity contribution in [3.8, 4) is 5.75 Å². The Hall–Kier alpha value is -3.33. The standard InChI is InChI=1S/C18H17N5O3S/c1-26-14-5-3-12(4-6-14)10-21-15(24)9-13-11-27-18(22-13)23-17(25)16-19-7-2-8-20-16/h2-8,11H,9-10H2,1H3,(H,21,24)(H,22,23,25). The molecule has 0 aliphatic carbocycles. The van der Waals surface area contributed by atoms with Gasteiger partial charge in [0.2, 0.25) is 11.7 Å². The van der Waals surface area contributed by atoms with Crippen LogP contribution in [-0.2, 0) is 17.8 Å². The first-order chi connectivity index (χ1) is 13.1. The molecule has 2 N–H and O–H groups in total. The predicted molar refractivity (Wildman–Crippen MR) is 101 cm³/mol. The highest BCUT2D eigenvalue weighted by Crippen LogP contribution is 2.16. The lowest BCUT2D eigenvalue weighted by atomic mass is 10.2. The van der Waals surface area contributed by atoms with Crippen molar-refractivity contribution in [3.63, 3.8) is 0 Å². The van der Waals surface area contributed by atoms with E-state index in [1.54, 1.807) is 18.6 Å². The van der Waals surface area contributed by atoms with E-state index in [0.29, 0.717) is 17.4 Å². The number of ether oxygens (including phenoxy) is 1. The number of thiazole rings is 1. The first kappa shape index (κ1) is 18.5. The minimum absolute atomic E-state index is 0.0616. The lowest BCUT2D eigenvalue weighted by Gasteiger charge is -2.05. The van der Waals surface area contributed by atoms with Gasteiger partial charge in [-0.25, -0.2) is 15.0 Å². The molecule has 0 atom stereocenters. The van der Waals surface area contributed by atoms with E-state index in [9.17, 15) is 9.59 Å². The van der Waals surface area contributed by atoms with E-state index in [1.165, 1.54) is 23.7 Å². The second kappa shape index (κ2) is 8.86. The summed E-state index contributed by atoms with van der Waals surface area (Å²) in [5, 5.41) is 7.58. The Labute approximate surface area is 159 Å². The summed E-state index contributed by atoms with van der Waals surface area (Å²) in [4.78, 5) is 36.1. The van der Waals surface area contributed by atoms with Crippen LogP contribution >= 0.6 is 11.3 Å². The predicted octanol–water partition coefficient (Wildman–Crippen LogP) is 2.05. The molecule has 8 nitrogen and oxygen atoms in total. The molecule has 2 aromatic heterocycles. The van der Waals surface area contributed by atoms with Crippen molar-refractivity contribution >= 4 is 28.3 Å². The van der Waals surface area contributed by atoms with E-state index in [-0.39, 0.29) is 18.2 Å². The Morgan fingerprint density at radius 1 is 1.15 bits per heavy atom. The molecule has 0 aliphatic rings. The van der Waals surface area contributed by atoms with Crippen LogP contribution < -0.4 is 15.4 Å². The van der Waals surface area contributed by atoms with Crippen LogP contribution in [0.3, 0.4) is 0 Å². The number of rotatable bonds is 7. The second-order valence-electron chi connectivity index (χ2n) is 5.47. The van der Waals surface area contributed by atoms with Crippen LogP contribution in [0.25, 0.3) is 0 Å². The molecule has 0 saturated carbocycles. The molecule has 0 aliphatic heterocycles. The van der Waals surface area contributed by atoms with Crippen molar-refractivity contribution in [1.29, 1.82) is 0 Å². The van der Waals surface area contributed by atoms with Gasteiger partial charge in [-0.15, -0.1) is 11.3 Å². The maximum atomic E-state index is 12.1. The van der Waals surface area contributed by atoms with Crippen LogP contribution in [-0.4, -0.2) is 33.9 Å². The number of amides is 2. The monoisotopic (exact) mass is 383 g/mol. The van der Waals surface area contributed by atoms with E-state index in [4.69, 9.17) is 4.74 Å². The summed E-state index contributed by atoms with van der Waals surface area (Å²) >= 11 is 1.24. The summed E-state index contributed by atoms with van der Waals surface area (Å²) in [6.07, 6.45) is 3.11. The molecule has 27 heavy (non-hydrogen) atoms. The Morgan fingerprint density at radius 2 is 1.89 bits per heavy atom. The normalized spacial score (nSPS) is 10.3. The fraction of sp³-hybridized carbons (Fsp3) is 0.167. The van der Waals surface area contributed by atoms with Crippen molar-refractivity contribution in [2.45, 2.75) is 13.0 Å². The molecule has 0 fully saturated rings. The minimum atomic E-state index is -0.444. The molecule has 0 bridgehead atoms. The molecule has 9 heteroatoms. The number of nitrogens with one attached hydrogen (secondary N) is 2. The molecule has 0 radical (unpaired) electrons. The van der Waals surface area contributed by atoms with E-state index < -0.39 is 5.91 Å². The molecule has 2 heterocycles. The molecular weight excluding hydrogens is 366 g/mol. The van der Waals surface area contributed by atoms with Crippen LogP contribution in [0.2, 0.25) is 0 Å². The number of carbonyl (C=O) groups is 2. The first-order valence-electron chi connectivity index (χ1n) is 8.06. The van der Waals surface area contributed by atoms with Gasteiger partial charge in [0.25, 0.3) is 5.91 Å². The van der Waals surface area contributed by atoms with E-state index in [2.05, 4.69) is 25.6 Å². The number of carbonyl (C=O) groups excluding carboxylic acids is 2. The third-order valence-electron chi connectivity index (χ3n) is 3.53. The van der Waals surface area contributed by atoms with Gasteiger partial charge >= 0.3 is 0 Å². The molecule has 3 aromatic rings. The van der Waals surface area contributed by atoms with Crippen molar-refractivity contribution < 1.29 is 14.3 Å². The summed E-state index contributed by atoms with van der Waals surface area (Å²) in [6.45, 7) is 0.419. The zero-order valence-corrected chi connectivity index (χ0v) is 15.3. The van der Waals surface area contributed by atoms with Crippen LogP contribution in [0.5, 0.6) is 5.75 Å². The Balaban J connectivity index is 1.49. The maximum absolute atomic E-state index is 12.1. The van der Waals surface area contributed by atoms with Gasteiger partial charge in [0.05, 0.1) is 19.2 Å². The highest BCUT2D eigenvalue weighted by atomic mass is 32.1. The Bertz CT molecular complexity index is 912. The van der Waals surface area contributed by atoms with Gasteiger partial charge in [-0.05, 0) is 23.8 Å². The third-order valence-corrected chi connectivity index (χ3v) is 4.34. The Kier molecular flexibility index (Phi) is 6.06. The first-order valence-corrected chi connectivity index (χ1v) is 8.94. The number of aromatic nitrogens is 3. The SMILES string of the molecule is COc1ccc(CNC(=O)Cc2csc(NC(=O)c3ncccn3)n2)cc1. The fourth-order valence-corrected chi connectivity index (χ4v) is 2.89. The van der Waals surface area contributed by atoms with Gasteiger partial charge in [0.1, 0.15) is 5.75 Å². The fourth-order valence-electron chi connectivity index (χ4n) is 2.19. The number of benzene rings is 1. The van der Waals surface area contributed by atoms with Gasteiger partial charge in [0, 0.05) is 24.3 Å². The summed E-state index contributed by atoms with van der Waals surface area (Å²) in [5.41, 5.74) is 1.55. The lowest BCUT2D eigenvalue weighted by molar-refractivity contribution is -0.120. The van der Waals surface area contributed by atoms with Gasteiger partial charge in [-0.3, -0.25) is 14.9 Å². The van der Waals surface area contributed by atoms with E-state index in [0.717, 1.165) is 11.3 Å². The molecule has 2 amide bonds. The smallest absolute Gasteiger partial charge is 0.295 e. The van der Waals surface area contributed by atoms with Crippen LogP contribution in [0.15, 0.2) is 48.1 Å². The van der Waals surface area contributed by atoms with E-state index in [1.807, 2.05) is 24.3 Å². The molecule has 138 valence electrons. The average molecular weight is 383 g/mol. The highest BCUT2D eigenvalue weighted by molar-refractivity contribution is 7.14. The number of hydrogen-bond acceptors (Lipinski definition) is 7. The number of anilines is 1. The summed E-state index contributed by atoms with van der Waals surface area (Å²) in [5.74, 6) is 0.232. The lowest BCUT2D eigenvalue weighted by Crippen LogP contribution is -2.24. The van der Waals surface area contributed by atoms with Crippen molar-refractivity contribution in [3.05, 3.63) is 65.2 Å². The zero-order valence-electron chi connectivity index (χ0n) is 14.5. The van der Waals surface area contributed by atoms with Crippen LogP contribution in [0, 0.1) is 0 Å². The Morgan fingerprint density at radius 3 is 2.59 bits per heavy atom. The zero-order chi connectivity index (χ0) is 19.1. The molecule has 3 rings (SSSR count). The summed E-state index contributed by atoms with van der Waals surface area (Å²) < 4.78 is 5.10.